The molecule has 6 heteroatoms. The highest BCUT2D eigenvalue weighted by atomic mass is 32.1. The molecular formula is C17H21FN2O2S. The van der Waals surface area contributed by atoms with Gasteiger partial charge in [0.25, 0.3) is 5.91 Å². The average molecular weight is 336 g/mol. The van der Waals surface area contributed by atoms with Crippen molar-refractivity contribution in [3.05, 3.63) is 34.5 Å². The fourth-order valence-corrected chi connectivity index (χ4v) is 4.02. The van der Waals surface area contributed by atoms with E-state index in [1.54, 1.807) is 6.07 Å². The van der Waals surface area contributed by atoms with Crippen molar-refractivity contribution in [2.24, 2.45) is 0 Å². The number of amides is 1. The molecular weight excluding hydrogens is 315 g/mol. The van der Waals surface area contributed by atoms with E-state index in [1.807, 2.05) is 13.0 Å². The number of ether oxygens (including phenoxy) is 1. The molecule has 1 aliphatic rings. The van der Waals surface area contributed by atoms with Crippen LogP contribution in [-0.4, -0.2) is 50.2 Å². The van der Waals surface area contributed by atoms with E-state index in [-0.39, 0.29) is 11.7 Å². The maximum Gasteiger partial charge on any atom is 0.261 e. The molecule has 23 heavy (non-hydrogen) atoms. The first kappa shape index (κ1) is 16.4. The summed E-state index contributed by atoms with van der Waals surface area (Å²) in [5.41, 5.74) is 0.730. The van der Waals surface area contributed by atoms with Gasteiger partial charge in [0.1, 0.15) is 5.82 Å². The van der Waals surface area contributed by atoms with Gasteiger partial charge in [-0.2, -0.15) is 0 Å². The monoisotopic (exact) mass is 336 g/mol. The number of nitrogens with zero attached hydrogens (tertiary/aromatic N) is 1. The molecule has 124 valence electrons. The van der Waals surface area contributed by atoms with Gasteiger partial charge in [0, 0.05) is 29.7 Å². The summed E-state index contributed by atoms with van der Waals surface area (Å²) in [4.78, 5) is 15.3. The Kier molecular flexibility index (Phi) is 5.25. The van der Waals surface area contributed by atoms with Crippen LogP contribution in [0.3, 0.4) is 0 Å². The molecule has 0 spiro atoms. The van der Waals surface area contributed by atoms with Crippen molar-refractivity contribution >= 4 is 27.3 Å². The Labute approximate surface area is 139 Å². The molecule has 0 unspecified atom stereocenters. The van der Waals surface area contributed by atoms with Crippen LogP contribution >= 0.6 is 11.3 Å². The highest BCUT2D eigenvalue weighted by Crippen LogP contribution is 2.32. The zero-order valence-electron chi connectivity index (χ0n) is 13.2. The molecule has 2 heterocycles. The number of carbonyl (C=O) groups is 1. The number of aryl methyl sites for hydroxylation is 1. The molecule has 0 atom stereocenters. The van der Waals surface area contributed by atoms with Crippen LogP contribution in [0.2, 0.25) is 0 Å². The highest BCUT2D eigenvalue weighted by molar-refractivity contribution is 7.21. The largest absolute Gasteiger partial charge is 0.379 e. The Bertz CT molecular complexity index is 695. The number of benzene rings is 1. The lowest BCUT2D eigenvalue weighted by molar-refractivity contribution is 0.0374. The second-order valence-electron chi connectivity index (χ2n) is 5.73. The van der Waals surface area contributed by atoms with Crippen molar-refractivity contribution < 1.29 is 13.9 Å². The lowest BCUT2D eigenvalue weighted by Crippen LogP contribution is -2.38. The van der Waals surface area contributed by atoms with Crippen LogP contribution in [0.4, 0.5) is 4.39 Å². The van der Waals surface area contributed by atoms with Crippen molar-refractivity contribution in [3.8, 4) is 0 Å². The van der Waals surface area contributed by atoms with E-state index in [9.17, 15) is 9.18 Å². The van der Waals surface area contributed by atoms with Crippen molar-refractivity contribution in [2.45, 2.75) is 13.3 Å². The molecule has 1 N–H and O–H groups in total. The molecule has 0 radical (unpaired) electrons. The van der Waals surface area contributed by atoms with Gasteiger partial charge in [0.2, 0.25) is 0 Å². The van der Waals surface area contributed by atoms with E-state index in [0.29, 0.717) is 16.8 Å². The van der Waals surface area contributed by atoms with Gasteiger partial charge in [-0.25, -0.2) is 4.39 Å². The minimum atomic E-state index is -0.261. The predicted molar refractivity (Wildman–Crippen MR) is 90.7 cm³/mol. The van der Waals surface area contributed by atoms with Gasteiger partial charge in [-0.05, 0) is 37.6 Å². The van der Waals surface area contributed by atoms with Gasteiger partial charge in [-0.1, -0.05) is 6.07 Å². The lowest BCUT2D eigenvalue weighted by atomic mass is 10.1. The third-order valence-electron chi connectivity index (χ3n) is 4.15. The predicted octanol–water partition coefficient (Wildman–Crippen LogP) is 2.80. The minimum Gasteiger partial charge on any atom is -0.379 e. The number of fused-ring (bicyclic) bond motifs is 1. The molecule has 1 aliphatic heterocycles. The summed E-state index contributed by atoms with van der Waals surface area (Å²) >= 11 is 1.35. The quantitative estimate of drug-likeness (QED) is 0.854. The van der Waals surface area contributed by atoms with Crippen LogP contribution in [-0.2, 0) is 4.74 Å². The maximum atomic E-state index is 13.9. The summed E-state index contributed by atoms with van der Waals surface area (Å²) in [5, 5.41) is 3.52. The van der Waals surface area contributed by atoms with Gasteiger partial charge in [0.05, 0.1) is 18.1 Å². The Morgan fingerprint density at radius 3 is 2.91 bits per heavy atom. The van der Waals surface area contributed by atoms with Gasteiger partial charge in [-0.3, -0.25) is 9.69 Å². The van der Waals surface area contributed by atoms with E-state index in [2.05, 4.69) is 10.2 Å². The van der Waals surface area contributed by atoms with E-state index >= 15 is 0 Å². The molecule has 0 saturated carbocycles. The van der Waals surface area contributed by atoms with Crippen molar-refractivity contribution in [1.82, 2.24) is 10.2 Å². The third kappa shape index (κ3) is 3.71. The standard InChI is InChI=1S/C17H21FN2O2S/c1-12-15-13(18)4-2-5-14(15)23-16(12)17(21)19-6-3-7-20-8-10-22-11-9-20/h2,4-5H,3,6-11H2,1H3,(H,19,21). The second-order valence-corrected chi connectivity index (χ2v) is 6.78. The zero-order valence-corrected chi connectivity index (χ0v) is 14.0. The first-order chi connectivity index (χ1) is 11.2. The first-order valence-electron chi connectivity index (χ1n) is 7.92. The smallest absolute Gasteiger partial charge is 0.261 e. The van der Waals surface area contributed by atoms with Gasteiger partial charge in [0.15, 0.2) is 0 Å². The SMILES string of the molecule is Cc1c(C(=O)NCCCN2CCOCC2)sc2cccc(F)c12. The highest BCUT2D eigenvalue weighted by Gasteiger charge is 2.17. The summed E-state index contributed by atoms with van der Waals surface area (Å²) in [6, 6.07) is 4.97. The summed E-state index contributed by atoms with van der Waals surface area (Å²) in [6.45, 7) is 6.91. The molecule has 4 nitrogen and oxygen atoms in total. The van der Waals surface area contributed by atoms with Crippen molar-refractivity contribution in [1.29, 1.82) is 0 Å². The molecule has 2 aromatic rings. The summed E-state index contributed by atoms with van der Waals surface area (Å²) in [5.74, 6) is -0.368. The van der Waals surface area contributed by atoms with Crippen LogP contribution in [0.15, 0.2) is 18.2 Å². The molecule has 1 amide bonds. The number of morpholine rings is 1. The van der Waals surface area contributed by atoms with Gasteiger partial charge >= 0.3 is 0 Å². The fraction of sp³-hybridized carbons (Fsp3) is 0.471. The van der Waals surface area contributed by atoms with E-state index in [4.69, 9.17) is 4.74 Å². The number of nitrogens with one attached hydrogen (secondary N) is 1. The molecule has 1 aromatic carbocycles. The maximum absolute atomic E-state index is 13.9. The van der Waals surface area contributed by atoms with Crippen LogP contribution in [0, 0.1) is 12.7 Å². The third-order valence-corrected chi connectivity index (χ3v) is 5.41. The van der Waals surface area contributed by atoms with Gasteiger partial charge in [-0.15, -0.1) is 11.3 Å². The number of rotatable bonds is 5. The van der Waals surface area contributed by atoms with Crippen LogP contribution in [0.1, 0.15) is 21.7 Å². The van der Waals surface area contributed by atoms with Gasteiger partial charge < -0.3 is 10.1 Å². The van der Waals surface area contributed by atoms with Crippen LogP contribution in [0.25, 0.3) is 10.1 Å². The normalized spacial score (nSPS) is 15.9. The Hall–Kier alpha value is -1.50. The zero-order chi connectivity index (χ0) is 16.2. The molecule has 0 aliphatic carbocycles. The second kappa shape index (κ2) is 7.38. The molecule has 1 fully saturated rings. The van der Waals surface area contributed by atoms with E-state index in [0.717, 1.165) is 49.5 Å². The minimum absolute atomic E-state index is 0.106. The fourth-order valence-electron chi connectivity index (χ4n) is 2.88. The number of halogens is 1. The Morgan fingerprint density at radius 1 is 1.39 bits per heavy atom. The van der Waals surface area contributed by atoms with E-state index < -0.39 is 0 Å². The number of thiophene rings is 1. The average Bonchev–Trinajstić information content (AvgIpc) is 2.91. The van der Waals surface area contributed by atoms with Crippen molar-refractivity contribution in [2.75, 3.05) is 39.4 Å². The summed E-state index contributed by atoms with van der Waals surface area (Å²) in [6.07, 6.45) is 0.907. The Balaban J connectivity index is 1.56. The van der Waals surface area contributed by atoms with E-state index in [1.165, 1.54) is 17.4 Å². The Morgan fingerprint density at radius 2 is 2.17 bits per heavy atom. The summed E-state index contributed by atoms with van der Waals surface area (Å²) in [7, 11) is 0. The summed E-state index contributed by atoms with van der Waals surface area (Å²) < 4.78 is 20.0. The first-order valence-corrected chi connectivity index (χ1v) is 8.74. The van der Waals surface area contributed by atoms with Crippen LogP contribution < -0.4 is 5.32 Å². The topological polar surface area (TPSA) is 41.6 Å². The number of carbonyl (C=O) groups excluding carboxylic acids is 1. The van der Waals surface area contributed by atoms with Crippen LogP contribution in [0.5, 0.6) is 0 Å². The lowest BCUT2D eigenvalue weighted by Gasteiger charge is -2.26. The molecule has 1 aromatic heterocycles. The molecule has 0 bridgehead atoms. The molecule has 3 rings (SSSR count). The number of hydrogen-bond acceptors (Lipinski definition) is 4. The number of hydrogen-bond donors (Lipinski definition) is 1. The van der Waals surface area contributed by atoms with Crippen molar-refractivity contribution in [3.63, 3.8) is 0 Å². The molecule has 1 saturated heterocycles.